The van der Waals surface area contributed by atoms with Crippen molar-refractivity contribution < 1.29 is 18.7 Å². The van der Waals surface area contributed by atoms with Crippen LogP contribution in [0.15, 0.2) is 11.6 Å². The van der Waals surface area contributed by atoms with Gasteiger partial charge >= 0.3 is 11.9 Å². The van der Waals surface area contributed by atoms with Crippen LogP contribution in [-0.4, -0.2) is 30.1 Å². The van der Waals surface area contributed by atoms with Gasteiger partial charge in [0.25, 0.3) is 0 Å². The van der Waals surface area contributed by atoms with Crippen LogP contribution >= 0.6 is 0 Å². The molecule has 5 heteroatoms. The van der Waals surface area contributed by atoms with Crippen molar-refractivity contribution in [3.8, 4) is 0 Å². The number of rotatable bonds is 5. The highest BCUT2D eigenvalue weighted by molar-refractivity contribution is 5.75. The van der Waals surface area contributed by atoms with Crippen molar-refractivity contribution in [3.63, 3.8) is 0 Å². The zero-order valence-corrected chi connectivity index (χ0v) is 7.60. The Balaban J connectivity index is 3.77. The summed E-state index contributed by atoms with van der Waals surface area (Å²) in [6.45, 7) is 3.07. The molecule has 0 amide bonds. The van der Waals surface area contributed by atoms with Crippen LogP contribution < -0.4 is 5.32 Å². The van der Waals surface area contributed by atoms with Crippen LogP contribution in [0.3, 0.4) is 0 Å². The lowest BCUT2D eigenvalue weighted by Gasteiger charge is -2.10. The largest absolute Gasteiger partial charge is 0.477 e. The van der Waals surface area contributed by atoms with E-state index in [0.717, 1.165) is 5.57 Å². The molecule has 0 unspecified atom stereocenters. The molecule has 0 bridgehead atoms. The van der Waals surface area contributed by atoms with Crippen molar-refractivity contribution in [1.29, 1.82) is 0 Å². The second-order valence-corrected chi connectivity index (χ2v) is 2.92. The Morgan fingerprint density at radius 3 is 2.46 bits per heavy atom. The monoisotopic (exact) mass is 193 g/mol. The summed E-state index contributed by atoms with van der Waals surface area (Å²) in [5.74, 6) is -5.78. The standard InChI is InChI=1S/C8H13F2NO2/c1-6(2)3-4-11-5-8(9,10)7(12)13/h3,11H,4-5H2,1-2H3,(H,12,13). The molecule has 0 aromatic carbocycles. The summed E-state index contributed by atoms with van der Waals surface area (Å²) in [5, 5.41) is 10.4. The summed E-state index contributed by atoms with van der Waals surface area (Å²) >= 11 is 0. The van der Waals surface area contributed by atoms with Crippen molar-refractivity contribution in [2.24, 2.45) is 0 Å². The molecule has 0 aromatic heterocycles. The van der Waals surface area contributed by atoms with Gasteiger partial charge in [-0.15, -0.1) is 0 Å². The first-order valence-electron chi connectivity index (χ1n) is 3.81. The minimum Gasteiger partial charge on any atom is -0.477 e. The molecule has 76 valence electrons. The third kappa shape index (κ3) is 5.30. The van der Waals surface area contributed by atoms with Gasteiger partial charge in [0.15, 0.2) is 0 Å². The lowest BCUT2D eigenvalue weighted by molar-refractivity contribution is -0.163. The molecule has 0 atom stereocenters. The predicted octanol–water partition coefficient (Wildman–Crippen LogP) is 1.26. The van der Waals surface area contributed by atoms with Gasteiger partial charge in [-0.3, -0.25) is 0 Å². The van der Waals surface area contributed by atoms with E-state index < -0.39 is 18.4 Å². The lowest BCUT2D eigenvalue weighted by Crippen LogP contribution is -2.39. The molecule has 0 rings (SSSR count). The van der Waals surface area contributed by atoms with E-state index in [1.54, 1.807) is 6.08 Å². The average molecular weight is 193 g/mol. The fourth-order valence-electron chi connectivity index (χ4n) is 0.581. The first-order valence-corrected chi connectivity index (χ1v) is 3.81. The minimum absolute atomic E-state index is 0.255. The zero-order valence-electron chi connectivity index (χ0n) is 7.60. The smallest absolute Gasteiger partial charge is 0.375 e. The van der Waals surface area contributed by atoms with Gasteiger partial charge in [0.2, 0.25) is 0 Å². The second kappa shape index (κ2) is 4.91. The van der Waals surface area contributed by atoms with Crippen LogP contribution in [0.5, 0.6) is 0 Å². The van der Waals surface area contributed by atoms with Crippen LogP contribution in [0.4, 0.5) is 8.78 Å². The van der Waals surface area contributed by atoms with Crippen molar-refractivity contribution in [2.45, 2.75) is 19.8 Å². The van der Waals surface area contributed by atoms with Crippen LogP contribution in [0.1, 0.15) is 13.8 Å². The van der Waals surface area contributed by atoms with Gasteiger partial charge in [0.1, 0.15) is 0 Å². The molecule has 3 nitrogen and oxygen atoms in total. The number of carboxylic acid groups (broad SMARTS) is 1. The Bertz CT molecular complexity index is 210. The zero-order chi connectivity index (χ0) is 10.5. The Hall–Kier alpha value is -0.970. The molecule has 0 heterocycles. The number of carbonyl (C=O) groups is 1. The highest BCUT2D eigenvalue weighted by atomic mass is 19.3. The van der Waals surface area contributed by atoms with E-state index in [1.165, 1.54) is 0 Å². The summed E-state index contributed by atoms with van der Waals surface area (Å²) in [7, 11) is 0. The Labute approximate surface area is 75.4 Å². The van der Waals surface area contributed by atoms with E-state index in [-0.39, 0.29) is 6.54 Å². The van der Waals surface area contributed by atoms with E-state index in [2.05, 4.69) is 5.32 Å². The summed E-state index contributed by atoms with van der Waals surface area (Å²) < 4.78 is 24.8. The normalized spacial score (nSPS) is 11.1. The average Bonchev–Trinajstić information content (AvgIpc) is 1.97. The van der Waals surface area contributed by atoms with E-state index in [4.69, 9.17) is 5.11 Å². The molecule has 0 aliphatic heterocycles. The topological polar surface area (TPSA) is 49.3 Å². The molecule has 0 spiro atoms. The van der Waals surface area contributed by atoms with Gasteiger partial charge in [0.05, 0.1) is 6.54 Å². The first-order chi connectivity index (χ1) is 5.86. The number of carboxylic acids is 1. The number of hydrogen-bond acceptors (Lipinski definition) is 2. The summed E-state index contributed by atoms with van der Waals surface area (Å²) in [6.07, 6.45) is 1.71. The van der Waals surface area contributed by atoms with E-state index in [9.17, 15) is 13.6 Å². The molecule has 0 saturated carbocycles. The van der Waals surface area contributed by atoms with Crippen LogP contribution in [0.25, 0.3) is 0 Å². The maximum Gasteiger partial charge on any atom is 0.375 e. The predicted molar refractivity (Wildman–Crippen MR) is 44.9 cm³/mol. The summed E-state index contributed by atoms with van der Waals surface area (Å²) in [6, 6.07) is 0. The number of alkyl halides is 2. The molecule has 0 aliphatic rings. The van der Waals surface area contributed by atoms with Crippen molar-refractivity contribution in [1.82, 2.24) is 5.32 Å². The first kappa shape index (κ1) is 12.0. The SMILES string of the molecule is CC(C)=CCNCC(F)(F)C(=O)O. The van der Waals surface area contributed by atoms with Gasteiger partial charge in [-0.1, -0.05) is 11.6 Å². The Kier molecular flexibility index (Phi) is 4.55. The Morgan fingerprint density at radius 2 is 2.08 bits per heavy atom. The molecule has 13 heavy (non-hydrogen) atoms. The molecular weight excluding hydrogens is 180 g/mol. The Morgan fingerprint density at radius 1 is 1.54 bits per heavy atom. The highest BCUT2D eigenvalue weighted by Gasteiger charge is 2.37. The molecule has 0 radical (unpaired) electrons. The van der Waals surface area contributed by atoms with Crippen molar-refractivity contribution in [2.75, 3.05) is 13.1 Å². The highest BCUT2D eigenvalue weighted by Crippen LogP contribution is 2.11. The molecular formula is C8H13F2NO2. The van der Waals surface area contributed by atoms with Crippen molar-refractivity contribution in [3.05, 3.63) is 11.6 Å². The van der Waals surface area contributed by atoms with Gasteiger partial charge in [-0.05, 0) is 13.8 Å². The fraction of sp³-hybridized carbons (Fsp3) is 0.625. The number of allylic oxidation sites excluding steroid dienone is 1. The van der Waals surface area contributed by atoms with E-state index in [1.807, 2.05) is 13.8 Å². The number of nitrogens with one attached hydrogen (secondary N) is 1. The van der Waals surface area contributed by atoms with Gasteiger partial charge in [-0.2, -0.15) is 8.78 Å². The quantitative estimate of drug-likeness (QED) is 0.510. The lowest BCUT2D eigenvalue weighted by atomic mass is 10.3. The van der Waals surface area contributed by atoms with Crippen LogP contribution in [-0.2, 0) is 4.79 Å². The minimum atomic E-state index is -3.69. The summed E-state index contributed by atoms with van der Waals surface area (Å²) in [4.78, 5) is 9.94. The number of hydrogen-bond donors (Lipinski definition) is 2. The van der Waals surface area contributed by atoms with E-state index in [0.29, 0.717) is 0 Å². The third-order valence-corrected chi connectivity index (χ3v) is 1.31. The third-order valence-electron chi connectivity index (χ3n) is 1.31. The van der Waals surface area contributed by atoms with Crippen molar-refractivity contribution >= 4 is 5.97 Å². The molecule has 0 saturated heterocycles. The molecule has 2 N–H and O–H groups in total. The second-order valence-electron chi connectivity index (χ2n) is 2.92. The maximum absolute atomic E-state index is 12.4. The van der Waals surface area contributed by atoms with Gasteiger partial charge in [-0.25, -0.2) is 4.79 Å². The molecule has 0 aromatic rings. The fourth-order valence-corrected chi connectivity index (χ4v) is 0.581. The van der Waals surface area contributed by atoms with Gasteiger partial charge in [0, 0.05) is 6.54 Å². The maximum atomic E-state index is 12.4. The van der Waals surface area contributed by atoms with Gasteiger partial charge < -0.3 is 10.4 Å². The summed E-state index contributed by atoms with van der Waals surface area (Å²) in [5.41, 5.74) is 0.992. The number of aliphatic carboxylic acids is 1. The number of halogens is 2. The van der Waals surface area contributed by atoms with Crippen LogP contribution in [0.2, 0.25) is 0 Å². The molecule has 0 aliphatic carbocycles. The molecule has 0 fully saturated rings. The van der Waals surface area contributed by atoms with E-state index >= 15 is 0 Å². The van der Waals surface area contributed by atoms with Crippen LogP contribution in [0, 0.1) is 0 Å².